The van der Waals surface area contributed by atoms with Gasteiger partial charge < -0.3 is 4.90 Å². The molecule has 24 heavy (non-hydrogen) atoms. The minimum Gasteiger partial charge on any atom is -0.371 e. The first-order chi connectivity index (χ1) is 11.6. The molecule has 0 spiro atoms. The lowest BCUT2D eigenvalue weighted by molar-refractivity contribution is 0.0217. The Morgan fingerprint density at radius 1 is 1.04 bits per heavy atom. The van der Waals surface area contributed by atoms with Crippen LogP contribution in [0.3, 0.4) is 0 Å². The second-order valence-corrected chi connectivity index (χ2v) is 7.58. The summed E-state index contributed by atoms with van der Waals surface area (Å²) in [5, 5.41) is 0. The Hall–Kier alpha value is -1.13. The first kappa shape index (κ1) is 17.7. The second-order valence-electron chi connectivity index (χ2n) is 7.58. The number of piperazine rings is 1. The third-order valence-corrected chi connectivity index (χ3v) is 5.87. The van der Waals surface area contributed by atoms with Gasteiger partial charge in [0.15, 0.2) is 0 Å². The van der Waals surface area contributed by atoms with Crippen LogP contribution in [0.4, 0.5) is 10.1 Å². The standard InChI is InChI=1S/C20H32FN3/c1-4-18-15-23(13-14-24(18)16(2)3)20-9-11-22(12-10-20)19-7-5-17(21)6-8-19/h5-8,16,18,20H,4,9-15H2,1-3H3. The van der Waals surface area contributed by atoms with Gasteiger partial charge in [0, 0.05) is 56.5 Å². The number of rotatable bonds is 4. The molecule has 2 heterocycles. The summed E-state index contributed by atoms with van der Waals surface area (Å²) < 4.78 is 13.1. The molecule has 1 aromatic rings. The van der Waals surface area contributed by atoms with Gasteiger partial charge in [0.25, 0.3) is 0 Å². The van der Waals surface area contributed by atoms with Crippen LogP contribution >= 0.6 is 0 Å². The smallest absolute Gasteiger partial charge is 0.123 e. The van der Waals surface area contributed by atoms with Crippen LogP contribution in [0.25, 0.3) is 0 Å². The molecule has 0 radical (unpaired) electrons. The van der Waals surface area contributed by atoms with E-state index >= 15 is 0 Å². The molecule has 3 nitrogen and oxygen atoms in total. The van der Waals surface area contributed by atoms with Crippen molar-refractivity contribution >= 4 is 5.69 Å². The summed E-state index contributed by atoms with van der Waals surface area (Å²) >= 11 is 0. The molecule has 2 aliphatic heterocycles. The van der Waals surface area contributed by atoms with Gasteiger partial charge >= 0.3 is 0 Å². The molecule has 4 heteroatoms. The van der Waals surface area contributed by atoms with Gasteiger partial charge in [-0.1, -0.05) is 6.92 Å². The number of hydrogen-bond donors (Lipinski definition) is 0. The van der Waals surface area contributed by atoms with Gasteiger partial charge in [-0.2, -0.15) is 0 Å². The van der Waals surface area contributed by atoms with Gasteiger partial charge in [0.1, 0.15) is 5.82 Å². The Morgan fingerprint density at radius 2 is 1.71 bits per heavy atom. The molecule has 2 fully saturated rings. The van der Waals surface area contributed by atoms with Crippen molar-refractivity contribution in [2.45, 2.75) is 58.2 Å². The van der Waals surface area contributed by atoms with E-state index in [1.54, 1.807) is 12.1 Å². The number of hydrogen-bond acceptors (Lipinski definition) is 3. The van der Waals surface area contributed by atoms with E-state index in [4.69, 9.17) is 0 Å². The van der Waals surface area contributed by atoms with Crippen LogP contribution in [0.5, 0.6) is 0 Å². The number of nitrogens with zero attached hydrogens (tertiary/aromatic N) is 3. The topological polar surface area (TPSA) is 9.72 Å². The van der Waals surface area contributed by atoms with Crippen molar-refractivity contribution in [2.24, 2.45) is 0 Å². The van der Waals surface area contributed by atoms with Gasteiger partial charge in [-0.15, -0.1) is 0 Å². The van der Waals surface area contributed by atoms with Crippen LogP contribution in [-0.2, 0) is 0 Å². The molecule has 134 valence electrons. The van der Waals surface area contributed by atoms with E-state index in [1.807, 2.05) is 12.1 Å². The fourth-order valence-electron chi connectivity index (χ4n) is 4.41. The molecular weight excluding hydrogens is 301 g/mol. The van der Waals surface area contributed by atoms with E-state index < -0.39 is 0 Å². The van der Waals surface area contributed by atoms with Crippen LogP contribution in [0.2, 0.25) is 0 Å². The van der Waals surface area contributed by atoms with E-state index in [0.29, 0.717) is 18.1 Å². The molecule has 0 saturated carbocycles. The first-order valence-electron chi connectivity index (χ1n) is 9.58. The van der Waals surface area contributed by atoms with E-state index in [2.05, 4.69) is 35.5 Å². The molecule has 1 aromatic carbocycles. The second kappa shape index (κ2) is 7.83. The highest BCUT2D eigenvalue weighted by molar-refractivity contribution is 5.46. The number of anilines is 1. The van der Waals surface area contributed by atoms with Crippen molar-refractivity contribution < 1.29 is 4.39 Å². The molecule has 0 aromatic heterocycles. The van der Waals surface area contributed by atoms with Crippen molar-refractivity contribution in [3.63, 3.8) is 0 Å². The van der Waals surface area contributed by atoms with Crippen molar-refractivity contribution in [2.75, 3.05) is 37.6 Å². The summed E-state index contributed by atoms with van der Waals surface area (Å²) in [7, 11) is 0. The highest BCUT2D eigenvalue weighted by Gasteiger charge is 2.32. The highest BCUT2D eigenvalue weighted by Crippen LogP contribution is 2.25. The fraction of sp³-hybridized carbons (Fsp3) is 0.700. The van der Waals surface area contributed by atoms with Crippen LogP contribution in [0, 0.1) is 5.82 Å². The Kier molecular flexibility index (Phi) is 5.77. The molecule has 3 rings (SSSR count). The van der Waals surface area contributed by atoms with Gasteiger partial charge in [-0.3, -0.25) is 9.80 Å². The number of benzene rings is 1. The maximum Gasteiger partial charge on any atom is 0.123 e. The maximum absolute atomic E-state index is 13.1. The summed E-state index contributed by atoms with van der Waals surface area (Å²) in [6.45, 7) is 12.7. The maximum atomic E-state index is 13.1. The lowest BCUT2D eigenvalue weighted by Crippen LogP contribution is -2.58. The number of piperidine rings is 1. The summed E-state index contributed by atoms with van der Waals surface area (Å²) in [4.78, 5) is 7.80. The predicted molar refractivity (Wildman–Crippen MR) is 99.1 cm³/mol. The minimum absolute atomic E-state index is 0.151. The fourth-order valence-corrected chi connectivity index (χ4v) is 4.41. The zero-order chi connectivity index (χ0) is 17.1. The molecule has 0 aliphatic carbocycles. The summed E-state index contributed by atoms with van der Waals surface area (Å²) in [6.07, 6.45) is 3.67. The largest absolute Gasteiger partial charge is 0.371 e. The Morgan fingerprint density at radius 3 is 2.29 bits per heavy atom. The Balaban J connectivity index is 1.54. The Bertz CT molecular complexity index is 508. The average Bonchev–Trinajstić information content (AvgIpc) is 2.62. The SMILES string of the molecule is CCC1CN(C2CCN(c3ccc(F)cc3)CC2)CCN1C(C)C. The molecule has 0 bridgehead atoms. The van der Waals surface area contributed by atoms with Gasteiger partial charge in [-0.05, 0) is 57.4 Å². The van der Waals surface area contributed by atoms with Crippen LogP contribution in [-0.4, -0.2) is 60.6 Å². The van der Waals surface area contributed by atoms with E-state index in [-0.39, 0.29) is 5.82 Å². The third-order valence-electron chi connectivity index (χ3n) is 5.87. The molecule has 1 unspecified atom stereocenters. The van der Waals surface area contributed by atoms with E-state index in [0.717, 1.165) is 18.8 Å². The van der Waals surface area contributed by atoms with E-state index in [9.17, 15) is 4.39 Å². The van der Waals surface area contributed by atoms with Crippen molar-refractivity contribution in [3.05, 3.63) is 30.1 Å². The van der Waals surface area contributed by atoms with Gasteiger partial charge in [0.2, 0.25) is 0 Å². The molecule has 0 amide bonds. The van der Waals surface area contributed by atoms with Crippen LogP contribution in [0.1, 0.15) is 40.0 Å². The van der Waals surface area contributed by atoms with Crippen molar-refractivity contribution in [1.82, 2.24) is 9.80 Å². The zero-order valence-corrected chi connectivity index (χ0v) is 15.4. The quantitative estimate of drug-likeness (QED) is 0.833. The summed E-state index contributed by atoms with van der Waals surface area (Å²) in [5.41, 5.74) is 1.16. The Labute approximate surface area is 146 Å². The van der Waals surface area contributed by atoms with Crippen molar-refractivity contribution in [3.8, 4) is 0 Å². The van der Waals surface area contributed by atoms with E-state index in [1.165, 1.54) is 38.9 Å². The molecule has 1 atom stereocenters. The first-order valence-corrected chi connectivity index (χ1v) is 9.58. The molecular formula is C20H32FN3. The molecule has 2 saturated heterocycles. The van der Waals surface area contributed by atoms with Gasteiger partial charge in [0.05, 0.1) is 0 Å². The van der Waals surface area contributed by atoms with Gasteiger partial charge in [-0.25, -0.2) is 4.39 Å². The molecule has 0 N–H and O–H groups in total. The minimum atomic E-state index is -0.151. The van der Waals surface area contributed by atoms with Crippen LogP contribution < -0.4 is 4.90 Å². The lowest BCUT2D eigenvalue weighted by Gasteiger charge is -2.48. The number of halogens is 1. The monoisotopic (exact) mass is 333 g/mol. The molecule has 2 aliphatic rings. The summed E-state index contributed by atoms with van der Waals surface area (Å²) in [6, 6.07) is 9.02. The predicted octanol–water partition coefficient (Wildman–Crippen LogP) is 3.60. The zero-order valence-electron chi connectivity index (χ0n) is 15.4. The third kappa shape index (κ3) is 3.92. The highest BCUT2D eigenvalue weighted by atomic mass is 19.1. The lowest BCUT2D eigenvalue weighted by atomic mass is 9.98. The van der Waals surface area contributed by atoms with Crippen LogP contribution in [0.15, 0.2) is 24.3 Å². The average molecular weight is 333 g/mol. The normalized spacial score (nSPS) is 24.7. The summed E-state index contributed by atoms with van der Waals surface area (Å²) in [5.74, 6) is -0.151. The van der Waals surface area contributed by atoms with Crippen molar-refractivity contribution in [1.29, 1.82) is 0 Å².